The van der Waals surface area contributed by atoms with E-state index in [9.17, 15) is 4.79 Å². The lowest BCUT2D eigenvalue weighted by atomic mass is 10.1. The second-order valence-corrected chi connectivity index (χ2v) is 4.93. The number of rotatable bonds is 2. The second kappa shape index (κ2) is 4.96. The number of carbonyl (C=O) groups is 1. The van der Waals surface area contributed by atoms with Gasteiger partial charge < -0.3 is 10.2 Å². The van der Waals surface area contributed by atoms with Crippen molar-refractivity contribution in [2.24, 2.45) is 0 Å². The Morgan fingerprint density at radius 2 is 2.20 bits per heavy atom. The fraction of sp³-hybridized carbons (Fsp3) is 0.500. The molecular weight excluding hydrogens is 232 g/mol. The first-order valence-electron chi connectivity index (χ1n) is 4.73. The molecule has 0 spiro atoms. The number of nitrogens with one attached hydrogen (secondary N) is 1. The average Bonchev–Trinajstić information content (AvgIpc) is 2.47. The van der Waals surface area contributed by atoms with Gasteiger partial charge in [-0.25, -0.2) is 0 Å². The summed E-state index contributed by atoms with van der Waals surface area (Å²) in [5.41, 5.74) is 0. The molecule has 1 aliphatic rings. The van der Waals surface area contributed by atoms with Gasteiger partial charge >= 0.3 is 0 Å². The van der Waals surface area contributed by atoms with Crippen molar-refractivity contribution in [2.75, 3.05) is 20.1 Å². The molecule has 0 bridgehead atoms. The molecule has 1 fully saturated rings. The highest BCUT2D eigenvalue weighted by Crippen LogP contribution is 2.18. The number of halogens is 1. The highest BCUT2D eigenvalue weighted by Gasteiger charge is 2.26. The van der Waals surface area contributed by atoms with Crippen LogP contribution in [-0.4, -0.2) is 37.0 Å². The minimum atomic E-state index is 0. The minimum absolute atomic E-state index is 0. The van der Waals surface area contributed by atoms with E-state index in [0.717, 1.165) is 18.0 Å². The quantitative estimate of drug-likeness (QED) is 0.858. The summed E-state index contributed by atoms with van der Waals surface area (Å²) in [6.45, 7) is 3.87. The Kier molecular flexibility index (Phi) is 4.13. The summed E-state index contributed by atoms with van der Waals surface area (Å²) in [5.74, 6) is 0.148. The predicted octanol–water partition coefficient (Wildman–Crippen LogP) is 1.52. The third kappa shape index (κ3) is 2.51. The van der Waals surface area contributed by atoms with Crippen LogP contribution in [0.1, 0.15) is 14.5 Å². The molecule has 1 N–H and O–H groups in total. The number of aryl methyl sites for hydroxylation is 1. The van der Waals surface area contributed by atoms with Gasteiger partial charge in [0.05, 0.1) is 10.9 Å². The molecule has 84 valence electrons. The van der Waals surface area contributed by atoms with Gasteiger partial charge in [-0.15, -0.1) is 23.7 Å². The van der Waals surface area contributed by atoms with E-state index in [1.165, 1.54) is 4.88 Å². The molecule has 1 aromatic heterocycles. The SMILES string of the molecule is Cc1ccc(C(=O)N(C)C2CNC2)s1.Cl. The lowest BCUT2D eigenvalue weighted by Crippen LogP contribution is -2.57. The van der Waals surface area contributed by atoms with Crippen LogP contribution in [-0.2, 0) is 0 Å². The van der Waals surface area contributed by atoms with E-state index in [4.69, 9.17) is 0 Å². The van der Waals surface area contributed by atoms with Crippen LogP contribution in [0.25, 0.3) is 0 Å². The van der Waals surface area contributed by atoms with Gasteiger partial charge in [-0.3, -0.25) is 4.79 Å². The molecule has 1 aliphatic heterocycles. The molecule has 1 amide bonds. The first-order chi connectivity index (χ1) is 6.68. The first kappa shape index (κ1) is 12.5. The van der Waals surface area contributed by atoms with E-state index >= 15 is 0 Å². The monoisotopic (exact) mass is 246 g/mol. The number of amides is 1. The molecule has 5 heteroatoms. The highest BCUT2D eigenvalue weighted by atomic mass is 35.5. The standard InChI is InChI=1S/C10H14N2OS.ClH/c1-7-3-4-9(14-7)10(13)12(2)8-5-11-6-8;/h3-4,8,11H,5-6H2,1-2H3;1H. The van der Waals surface area contributed by atoms with Gasteiger partial charge in [-0.1, -0.05) is 0 Å². The normalized spacial score (nSPS) is 15.3. The van der Waals surface area contributed by atoms with E-state index < -0.39 is 0 Å². The van der Waals surface area contributed by atoms with E-state index in [0.29, 0.717) is 6.04 Å². The van der Waals surface area contributed by atoms with Gasteiger partial charge in [-0.05, 0) is 19.1 Å². The van der Waals surface area contributed by atoms with Crippen LogP contribution in [0.4, 0.5) is 0 Å². The van der Waals surface area contributed by atoms with Crippen LogP contribution >= 0.6 is 23.7 Å². The largest absolute Gasteiger partial charge is 0.335 e. The van der Waals surface area contributed by atoms with Crippen molar-refractivity contribution in [3.05, 3.63) is 21.9 Å². The molecule has 0 saturated carbocycles. The molecule has 0 aliphatic carbocycles. The number of hydrogen-bond donors (Lipinski definition) is 1. The molecule has 2 rings (SSSR count). The Labute approximate surface area is 99.9 Å². The van der Waals surface area contributed by atoms with Gasteiger partial charge in [0.2, 0.25) is 0 Å². The van der Waals surface area contributed by atoms with E-state index in [2.05, 4.69) is 5.32 Å². The molecule has 0 aromatic carbocycles. The first-order valence-corrected chi connectivity index (χ1v) is 5.54. The zero-order chi connectivity index (χ0) is 10.1. The van der Waals surface area contributed by atoms with Crippen molar-refractivity contribution >= 4 is 29.7 Å². The summed E-state index contributed by atoms with van der Waals surface area (Å²) >= 11 is 1.56. The molecule has 3 nitrogen and oxygen atoms in total. The summed E-state index contributed by atoms with van der Waals surface area (Å²) in [6, 6.07) is 4.28. The maximum atomic E-state index is 11.9. The van der Waals surface area contributed by atoms with Gasteiger partial charge in [0, 0.05) is 25.0 Å². The second-order valence-electron chi connectivity index (χ2n) is 3.64. The number of nitrogens with zero attached hydrogens (tertiary/aromatic N) is 1. The van der Waals surface area contributed by atoms with Crippen molar-refractivity contribution in [1.29, 1.82) is 0 Å². The minimum Gasteiger partial charge on any atom is -0.335 e. The van der Waals surface area contributed by atoms with Crippen molar-refractivity contribution in [3.63, 3.8) is 0 Å². The van der Waals surface area contributed by atoms with Gasteiger partial charge in [0.1, 0.15) is 0 Å². The number of carbonyl (C=O) groups excluding carboxylic acids is 1. The molecule has 0 unspecified atom stereocenters. The topological polar surface area (TPSA) is 32.3 Å². The maximum absolute atomic E-state index is 11.9. The summed E-state index contributed by atoms with van der Waals surface area (Å²) in [4.78, 5) is 15.8. The van der Waals surface area contributed by atoms with Crippen LogP contribution in [0, 0.1) is 6.92 Å². The van der Waals surface area contributed by atoms with Gasteiger partial charge in [0.25, 0.3) is 5.91 Å². The molecule has 15 heavy (non-hydrogen) atoms. The Hall–Kier alpha value is -0.580. The lowest BCUT2D eigenvalue weighted by molar-refractivity contribution is 0.0686. The van der Waals surface area contributed by atoms with Crippen LogP contribution in [0.2, 0.25) is 0 Å². The maximum Gasteiger partial charge on any atom is 0.264 e. The molecule has 1 aromatic rings. The van der Waals surface area contributed by atoms with E-state index in [1.807, 2.05) is 31.0 Å². The number of hydrogen-bond acceptors (Lipinski definition) is 3. The summed E-state index contributed by atoms with van der Waals surface area (Å²) in [5, 5.41) is 3.16. The van der Waals surface area contributed by atoms with E-state index in [1.54, 1.807) is 11.3 Å². The summed E-state index contributed by atoms with van der Waals surface area (Å²) in [6.07, 6.45) is 0. The zero-order valence-electron chi connectivity index (χ0n) is 8.82. The van der Waals surface area contributed by atoms with Crippen LogP contribution < -0.4 is 5.32 Å². The third-order valence-electron chi connectivity index (χ3n) is 2.58. The zero-order valence-corrected chi connectivity index (χ0v) is 10.5. The summed E-state index contributed by atoms with van der Waals surface area (Å²) in [7, 11) is 1.88. The predicted molar refractivity (Wildman–Crippen MR) is 65.1 cm³/mol. The Morgan fingerprint density at radius 3 is 2.60 bits per heavy atom. The molecule has 0 radical (unpaired) electrons. The Balaban J connectivity index is 0.00000112. The van der Waals surface area contributed by atoms with Crippen molar-refractivity contribution in [2.45, 2.75) is 13.0 Å². The van der Waals surface area contributed by atoms with Crippen LogP contribution in [0.15, 0.2) is 12.1 Å². The summed E-state index contributed by atoms with van der Waals surface area (Å²) < 4.78 is 0. The van der Waals surface area contributed by atoms with Crippen LogP contribution in [0.5, 0.6) is 0 Å². The third-order valence-corrected chi connectivity index (χ3v) is 3.57. The molecule has 1 saturated heterocycles. The fourth-order valence-electron chi connectivity index (χ4n) is 1.44. The van der Waals surface area contributed by atoms with Crippen LogP contribution in [0.3, 0.4) is 0 Å². The van der Waals surface area contributed by atoms with E-state index in [-0.39, 0.29) is 18.3 Å². The highest BCUT2D eigenvalue weighted by molar-refractivity contribution is 7.13. The smallest absolute Gasteiger partial charge is 0.264 e. The average molecular weight is 247 g/mol. The van der Waals surface area contributed by atoms with Crippen molar-refractivity contribution in [3.8, 4) is 0 Å². The lowest BCUT2D eigenvalue weighted by Gasteiger charge is -2.35. The van der Waals surface area contributed by atoms with Gasteiger partial charge in [-0.2, -0.15) is 0 Å². The number of likely N-dealkylation sites (N-methyl/N-ethyl adjacent to an activating group) is 1. The Bertz CT molecular complexity index is 349. The fourth-order valence-corrected chi connectivity index (χ4v) is 2.29. The molecule has 2 heterocycles. The van der Waals surface area contributed by atoms with Crippen molar-refractivity contribution in [1.82, 2.24) is 10.2 Å². The number of thiophene rings is 1. The molecular formula is C10H15ClN2OS. The molecule has 0 atom stereocenters. The Morgan fingerprint density at radius 1 is 1.53 bits per heavy atom. The van der Waals surface area contributed by atoms with Crippen molar-refractivity contribution < 1.29 is 4.79 Å². The van der Waals surface area contributed by atoms with Gasteiger partial charge in [0.15, 0.2) is 0 Å².